The molecule has 1 aromatic heterocycles. The van der Waals surface area contributed by atoms with Crippen LogP contribution in [-0.2, 0) is 0 Å². The molecule has 1 amide bonds. The zero-order valence-electron chi connectivity index (χ0n) is 14.9. The lowest BCUT2D eigenvalue weighted by Crippen LogP contribution is -2.12. The van der Waals surface area contributed by atoms with Gasteiger partial charge in [0, 0.05) is 17.3 Å². The van der Waals surface area contributed by atoms with Gasteiger partial charge in [-0.15, -0.1) is 0 Å². The first kappa shape index (κ1) is 16.8. The zero-order valence-corrected chi connectivity index (χ0v) is 14.9. The lowest BCUT2D eigenvalue weighted by Gasteiger charge is -2.08. The number of para-hydroxylation sites is 1. The number of anilines is 1. The van der Waals surface area contributed by atoms with E-state index in [0.717, 1.165) is 5.56 Å². The molecule has 0 aliphatic heterocycles. The van der Waals surface area contributed by atoms with E-state index in [1.807, 2.05) is 19.1 Å². The van der Waals surface area contributed by atoms with Crippen molar-refractivity contribution in [2.45, 2.75) is 6.92 Å². The minimum Gasteiger partial charge on any atom is -0.497 e. The summed E-state index contributed by atoms with van der Waals surface area (Å²) in [5, 5.41) is 3.86. The molecule has 0 bridgehead atoms. The van der Waals surface area contributed by atoms with E-state index in [4.69, 9.17) is 9.15 Å². The molecule has 0 saturated carbocycles. The largest absolute Gasteiger partial charge is 0.497 e. The lowest BCUT2D eigenvalue weighted by atomic mass is 10.1. The van der Waals surface area contributed by atoms with Crippen molar-refractivity contribution in [2.75, 3.05) is 12.4 Å². The van der Waals surface area contributed by atoms with E-state index in [9.17, 15) is 9.59 Å². The highest BCUT2D eigenvalue weighted by Gasteiger charge is 2.11. The Morgan fingerprint density at radius 3 is 2.52 bits per heavy atom. The summed E-state index contributed by atoms with van der Waals surface area (Å²) in [7, 11) is 1.57. The van der Waals surface area contributed by atoms with Crippen molar-refractivity contribution < 1.29 is 13.9 Å². The molecule has 1 heterocycles. The van der Waals surface area contributed by atoms with E-state index >= 15 is 0 Å². The molecule has 4 rings (SSSR count). The van der Waals surface area contributed by atoms with E-state index in [2.05, 4.69) is 5.32 Å². The molecule has 0 atom stereocenters. The molecule has 0 spiro atoms. The Labute approximate surface area is 155 Å². The number of methoxy groups -OCH3 is 1. The first-order chi connectivity index (χ1) is 13.1. The van der Waals surface area contributed by atoms with Gasteiger partial charge in [0.05, 0.1) is 17.9 Å². The average Bonchev–Trinajstić information content (AvgIpc) is 2.69. The van der Waals surface area contributed by atoms with Gasteiger partial charge in [0.1, 0.15) is 16.9 Å². The number of ether oxygens (including phenoxy) is 1. The molecule has 5 heteroatoms. The Kier molecular flexibility index (Phi) is 4.12. The summed E-state index contributed by atoms with van der Waals surface area (Å²) in [4.78, 5) is 25.1. The SMILES string of the molecule is COc1ccc(C(=O)Nc2ccc3c(=O)c4cccc(C)c4oc3c2)cc1. The number of carbonyl (C=O) groups is 1. The monoisotopic (exact) mass is 359 g/mol. The maximum absolute atomic E-state index is 12.7. The standard InChI is InChI=1S/C22H17NO4/c1-13-4-3-5-18-20(24)17-11-8-15(12-19(17)27-21(13)18)23-22(25)14-6-9-16(26-2)10-7-14/h3-12H,1-2H3,(H,23,25). The maximum Gasteiger partial charge on any atom is 0.255 e. The Morgan fingerprint density at radius 1 is 1.00 bits per heavy atom. The fraction of sp³-hybridized carbons (Fsp3) is 0.0909. The minimum absolute atomic E-state index is 0.0806. The summed E-state index contributed by atoms with van der Waals surface area (Å²) in [6.07, 6.45) is 0. The molecule has 0 fully saturated rings. The Bertz CT molecular complexity index is 1220. The van der Waals surface area contributed by atoms with Crippen LogP contribution in [0.4, 0.5) is 5.69 Å². The number of amides is 1. The van der Waals surface area contributed by atoms with E-state index in [1.54, 1.807) is 55.6 Å². The molecule has 4 aromatic rings. The summed E-state index contributed by atoms with van der Waals surface area (Å²) in [5.41, 5.74) is 2.87. The molecule has 27 heavy (non-hydrogen) atoms. The number of nitrogens with one attached hydrogen (secondary N) is 1. The third kappa shape index (κ3) is 3.04. The predicted molar refractivity (Wildman–Crippen MR) is 106 cm³/mol. The van der Waals surface area contributed by atoms with Crippen LogP contribution < -0.4 is 15.5 Å². The van der Waals surface area contributed by atoms with Crippen LogP contribution in [0.2, 0.25) is 0 Å². The Hall–Kier alpha value is -3.60. The smallest absolute Gasteiger partial charge is 0.255 e. The van der Waals surface area contributed by atoms with Crippen LogP contribution in [0.3, 0.4) is 0 Å². The Morgan fingerprint density at radius 2 is 1.78 bits per heavy atom. The fourth-order valence-corrected chi connectivity index (χ4v) is 3.04. The van der Waals surface area contributed by atoms with Crippen LogP contribution >= 0.6 is 0 Å². The molecule has 0 aliphatic rings. The summed E-state index contributed by atoms with van der Waals surface area (Å²) in [5.74, 6) is 0.428. The minimum atomic E-state index is -0.253. The molecule has 5 nitrogen and oxygen atoms in total. The number of aryl methyl sites for hydroxylation is 1. The molecule has 1 N–H and O–H groups in total. The van der Waals surface area contributed by atoms with Crippen molar-refractivity contribution in [3.05, 3.63) is 82.0 Å². The third-order valence-corrected chi connectivity index (χ3v) is 4.50. The molecule has 0 aliphatic carbocycles. The van der Waals surface area contributed by atoms with Gasteiger partial charge in [-0.05, 0) is 55.0 Å². The first-order valence-corrected chi connectivity index (χ1v) is 8.48. The van der Waals surface area contributed by atoms with Gasteiger partial charge in [-0.25, -0.2) is 0 Å². The van der Waals surface area contributed by atoms with Gasteiger partial charge >= 0.3 is 0 Å². The lowest BCUT2D eigenvalue weighted by molar-refractivity contribution is 0.102. The van der Waals surface area contributed by atoms with Crippen molar-refractivity contribution in [3.8, 4) is 5.75 Å². The van der Waals surface area contributed by atoms with Crippen molar-refractivity contribution >= 4 is 33.5 Å². The summed E-state index contributed by atoms with van der Waals surface area (Å²) < 4.78 is 11.0. The fourth-order valence-electron chi connectivity index (χ4n) is 3.04. The van der Waals surface area contributed by atoms with E-state index < -0.39 is 0 Å². The second-order valence-electron chi connectivity index (χ2n) is 6.28. The van der Waals surface area contributed by atoms with Crippen molar-refractivity contribution in [1.82, 2.24) is 0 Å². The highest BCUT2D eigenvalue weighted by atomic mass is 16.5. The molecular formula is C22H17NO4. The van der Waals surface area contributed by atoms with Crippen molar-refractivity contribution in [3.63, 3.8) is 0 Å². The third-order valence-electron chi connectivity index (χ3n) is 4.50. The first-order valence-electron chi connectivity index (χ1n) is 8.48. The molecule has 0 radical (unpaired) electrons. The average molecular weight is 359 g/mol. The van der Waals surface area contributed by atoms with Crippen LogP contribution in [0, 0.1) is 6.92 Å². The molecule has 0 saturated heterocycles. The number of benzene rings is 3. The predicted octanol–water partition coefficient (Wildman–Crippen LogP) is 4.52. The van der Waals surface area contributed by atoms with Crippen molar-refractivity contribution in [1.29, 1.82) is 0 Å². The van der Waals surface area contributed by atoms with Crippen LogP contribution in [0.25, 0.3) is 21.9 Å². The van der Waals surface area contributed by atoms with Gasteiger partial charge in [-0.2, -0.15) is 0 Å². The van der Waals surface area contributed by atoms with Gasteiger partial charge in [0.2, 0.25) is 5.43 Å². The molecular weight excluding hydrogens is 342 g/mol. The van der Waals surface area contributed by atoms with Crippen LogP contribution in [0.1, 0.15) is 15.9 Å². The van der Waals surface area contributed by atoms with Gasteiger partial charge < -0.3 is 14.5 Å². The summed E-state index contributed by atoms with van der Waals surface area (Å²) in [6.45, 7) is 1.90. The van der Waals surface area contributed by atoms with Gasteiger partial charge in [-0.1, -0.05) is 12.1 Å². The van der Waals surface area contributed by atoms with Gasteiger partial charge in [0.15, 0.2) is 0 Å². The number of fused-ring (bicyclic) bond motifs is 2. The van der Waals surface area contributed by atoms with E-state index in [1.165, 1.54) is 0 Å². The topological polar surface area (TPSA) is 68.5 Å². The van der Waals surface area contributed by atoms with Crippen LogP contribution in [-0.4, -0.2) is 13.0 Å². The van der Waals surface area contributed by atoms with Crippen LogP contribution in [0.5, 0.6) is 5.75 Å². The second kappa shape index (κ2) is 6.61. The Balaban J connectivity index is 1.72. The van der Waals surface area contributed by atoms with E-state index in [-0.39, 0.29) is 11.3 Å². The molecule has 134 valence electrons. The highest BCUT2D eigenvalue weighted by molar-refractivity contribution is 6.05. The molecule has 0 unspecified atom stereocenters. The summed E-state index contributed by atoms with van der Waals surface area (Å²) in [6, 6.07) is 17.4. The number of carbonyl (C=O) groups excluding carboxylic acids is 1. The van der Waals surface area contributed by atoms with Crippen molar-refractivity contribution in [2.24, 2.45) is 0 Å². The molecule has 3 aromatic carbocycles. The van der Waals surface area contributed by atoms with E-state index in [0.29, 0.717) is 38.9 Å². The quantitative estimate of drug-likeness (QED) is 0.546. The number of hydrogen-bond donors (Lipinski definition) is 1. The number of hydrogen-bond acceptors (Lipinski definition) is 4. The van der Waals surface area contributed by atoms with Crippen LogP contribution in [0.15, 0.2) is 69.9 Å². The number of rotatable bonds is 3. The highest BCUT2D eigenvalue weighted by Crippen LogP contribution is 2.24. The maximum atomic E-state index is 12.7. The van der Waals surface area contributed by atoms with Gasteiger partial charge in [-0.3, -0.25) is 9.59 Å². The summed E-state index contributed by atoms with van der Waals surface area (Å²) >= 11 is 0. The van der Waals surface area contributed by atoms with Gasteiger partial charge in [0.25, 0.3) is 5.91 Å². The zero-order chi connectivity index (χ0) is 19.0. The normalized spacial score (nSPS) is 10.9. The second-order valence-corrected chi connectivity index (χ2v) is 6.28.